The van der Waals surface area contributed by atoms with E-state index in [1.54, 1.807) is 18.3 Å². The van der Waals surface area contributed by atoms with E-state index < -0.39 is 0 Å². The highest BCUT2D eigenvalue weighted by atomic mass is 35.5. The average Bonchev–Trinajstić information content (AvgIpc) is 2.85. The summed E-state index contributed by atoms with van der Waals surface area (Å²) in [6, 6.07) is 12.1. The van der Waals surface area contributed by atoms with Crippen molar-refractivity contribution in [1.82, 2.24) is 4.98 Å². The van der Waals surface area contributed by atoms with Gasteiger partial charge in [-0.3, -0.25) is 0 Å². The minimum Gasteiger partial charge on any atom is -0.361 e. The first-order chi connectivity index (χ1) is 9.70. The van der Waals surface area contributed by atoms with Crippen molar-refractivity contribution < 1.29 is 4.39 Å². The molecule has 20 heavy (non-hydrogen) atoms. The summed E-state index contributed by atoms with van der Waals surface area (Å²) in [6.45, 7) is 0. The number of hydrogen-bond donors (Lipinski definition) is 1. The second-order valence-electron chi connectivity index (χ2n) is 4.51. The lowest BCUT2D eigenvalue weighted by Gasteiger charge is -2.07. The molecule has 98 valence electrons. The Morgan fingerprint density at radius 1 is 1.15 bits per heavy atom. The predicted molar refractivity (Wildman–Crippen MR) is 78.0 cm³/mol. The molecule has 3 rings (SSSR count). The van der Waals surface area contributed by atoms with E-state index in [0.29, 0.717) is 11.4 Å². The first-order valence-electron chi connectivity index (χ1n) is 6.12. The smallest absolute Gasteiger partial charge is 0.123 e. The van der Waals surface area contributed by atoms with Crippen LogP contribution in [0.2, 0.25) is 5.02 Å². The van der Waals surface area contributed by atoms with E-state index in [2.05, 4.69) is 11.1 Å². The Morgan fingerprint density at radius 2 is 1.90 bits per heavy atom. The van der Waals surface area contributed by atoms with Crippen LogP contribution < -0.4 is 0 Å². The zero-order chi connectivity index (χ0) is 14.1. The van der Waals surface area contributed by atoms with E-state index in [1.807, 2.05) is 12.1 Å². The summed E-state index contributed by atoms with van der Waals surface area (Å²) in [7, 11) is 0. The molecule has 0 atom stereocenters. The van der Waals surface area contributed by atoms with Crippen LogP contribution in [0.1, 0.15) is 5.56 Å². The van der Waals surface area contributed by atoms with Crippen LogP contribution in [0.4, 0.5) is 4.39 Å². The molecule has 0 spiro atoms. The van der Waals surface area contributed by atoms with Gasteiger partial charge in [0.05, 0.1) is 17.5 Å². The molecule has 1 heterocycles. The van der Waals surface area contributed by atoms with Crippen molar-refractivity contribution in [3.8, 4) is 17.2 Å². The van der Waals surface area contributed by atoms with E-state index in [4.69, 9.17) is 16.9 Å². The normalized spacial score (nSPS) is 10.7. The SMILES string of the molecule is N#CCc1c[nH]c2ccc(-c3ccc(F)cc3)c(Cl)c12. The zero-order valence-electron chi connectivity index (χ0n) is 10.5. The number of nitrogens with zero attached hydrogens (tertiary/aromatic N) is 1. The monoisotopic (exact) mass is 284 g/mol. The van der Waals surface area contributed by atoms with Crippen LogP contribution in [0.25, 0.3) is 22.0 Å². The van der Waals surface area contributed by atoms with Gasteiger partial charge in [-0.05, 0) is 29.3 Å². The summed E-state index contributed by atoms with van der Waals surface area (Å²) in [4.78, 5) is 3.11. The molecule has 0 amide bonds. The van der Waals surface area contributed by atoms with Gasteiger partial charge in [-0.15, -0.1) is 0 Å². The predicted octanol–water partition coefficient (Wildman–Crippen LogP) is 4.69. The fourth-order valence-corrected chi connectivity index (χ4v) is 2.72. The summed E-state index contributed by atoms with van der Waals surface area (Å²) in [5.41, 5.74) is 3.45. The first-order valence-corrected chi connectivity index (χ1v) is 6.50. The Bertz CT molecular complexity index is 813. The standard InChI is InChI=1S/C16H10ClFN2/c17-16-13(10-1-3-12(18)4-2-10)5-6-14-15(16)11(7-8-19)9-20-14/h1-6,9,20H,7H2. The Morgan fingerprint density at radius 3 is 2.60 bits per heavy atom. The second kappa shape index (κ2) is 4.99. The van der Waals surface area contributed by atoms with Gasteiger partial charge in [0.2, 0.25) is 0 Å². The number of halogens is 2. The highest BCUT2D eigenvalue weighted by molar-refractivity contribution is 6.38. The molecule has 0 saturated carbocycles. The average molecular weight is 285 g/mol. The maximum atomic E-state index is 13.0. The lowest BCUT2D eigenvalue weighted by molar-refractivity contribution is 0.628. The third kappa shape index (κ3) is 2.04. The molecule has 0 fully saturated rings. The van der Waals surface area contributed by atoms with Crippen LogP contribution in [0.15, 0.2) is 42.6 Å². The lowest BCUT2D eigenvalue weighted by Crippen LogP contribution is -1.84. The van der Waals surface area contributed by atoms with Crippen molar-refractivity contribution >= 4 is 22.5 Å². The second-order valence-corrected chi connectivity index (χ2v) is 4.88. The first kappa shape index (κ1) is 12.7. The summed E-state index contributed by atoms with van der Waals surface area (Å²) in [5.74, 6) is -0.280. The molecule has 0 saturated heterocycles. The van der Waals surface area contributed by atoms with Crippen LogP contribution in [-0.2, 0) is 6.42 Å². The van der Waals surface area contributed by atoms with Gasteiger partial charge in [-0.25, -0.2) is 4.39 Å². The molecule has 4 heteroatoms. The van der Waals surface area contributed by atoms with Crippen LogP contribution >= 0.6 is 11.6 Å². The molecule has 1 N–H and O–H groups in total. The number of nitrogens with one attached hydrogen (secondary N) is 1. The lowest BCUT2D eigenvalue weighted by atomic mass is 10.0. The highest BCUT2D eigenvalue weighted by Gasteiger charge is 2.12. The molecule has 3 aromatic rings. The molecule has 2 nitrogen and oxygen atoms in total. The van der Waals surface area contributed by atoms with Gasteiger partial charge in [0.1, 0.15) is 5.82 Å². The number of aromatic nitrogens is 1. The molecule has 0 aliphatic heterocycles. The van der Waals surface area contributed by atoms with Crippen molar-refractivity contribution in [3.63, 3.8) is 0 Å². The maximum absolute atomic E-state index is 13.0. The number of hydrogen-bond acceptors (Lipinski definition) is 1. The number of rotatable bonds is 2. The molecule has 0 aliphatic carbocycles. The van der Waals surface area contributed by atoms with Crippen molar-refractivity contribution in [2.24, 2.45) is 0 Å². The van der Waals surface area contributed by atoms with Gasteiger partial charge in [0.25, 0.3) is 0 Å². The summed E-state index contributed by atoms with van der Waals surface area (Å²) in [5, 5.41) is 10.3. The molecule has 1 aromatic heterocycles. The van der Waals surface area contributed by atoms with Crippen molar-refractivity contribution in [3.05, 3.63) is 59.0 Å². The van der Waals surface area contributed by atoms with Crippen molar-refractivity contribution in [2.75, 3.05) is 0 Å². The number of benzene rings is 2. The van der Waals surface area contributed by atoms with Crippen LogP contribution in [0.5, 0.6) is 0 Å². The maximum Gasteiger partial charge on any atom is 0.123 e. The van der Waals surface area contributed by atoms with Crippen LogP contribution in [-0.4, -0.2) is 4.98 Å². The molecular weight excluding hydrogens is 275 g/mol. The molecule has 0 aliphatic rings. The topological polar surface area (TPSA) is 39.6 Å². The van der Waals surface area contributed by atoms with E-state index in [1.165, 1.54) is 12.1 Å². The minimum atomic E-state index is -0.280. The summed E-state index contributed by atoms with van der Waals surface area (Å²) < 4.78 is 13.0. The third-order valence-electron chi connectivity index (χ3n) is 3.29. The van der Waals surface area contributed by atoms with E-state index in [0.717, 1.165) is 27.6 Å². The van der Waals surface area contributed by atoms with Gasteiger partial charge in [0, 0.05) is 22.7 Å². The molecule has 0 unspecified atom stereocenters. The Hall–Kier alpha value is -2.31. The fraction of sp³-hybridized carbons (Fsp3) is 0.0625. The molecule has 0 bridgehead atoms. The number of aromatic amines is 1. The van der Waals surface area contributed by atoms with Gasteiger partial charge < -0.3 is 4.98 Å². The summed E-state index contributed by atoms with van der Waals surface area (Å²) in [6.07, 6.45) is 2.10. The number of nitriles is 1. The number of fused-ring (bicyclic) bond motifs is 1. The van der Waals surface area contributed by atoms with Gasteiger partial charge in [-0.1, -0.05) is 29.8 Å². The molecular formula is C16H10ClFN2. The van der Waals surface area contributed by atoms with E-state index in [-0.39, 0.29) is 5.82 Å². The van der Waals surface area contributed by atoms with Crippen LogP contribution in [0.3, 0.4) is 0 Å². The van der Waals surface area contributed by atoms with E-state index in [9.17, 15) is 4.39 Å². The molecule has 2 aromatic carbocycles. The van der Waals surface area contributed by atoms with Crippen LogP contribution in [0, 0.1) is 17.1 Å². The van der Waals surface area contributed by atoms with Gasteiger partial charge >= 0.3 is 0 Å². The van der Waals surface area contributed by atoms with Gasteiger partial charge in [-0.2, -0.15) is 5.26 Å². The molecule has 0 radical (unpaired) electrons. The Kier molecular flexibility index (Phi) is 3.17. The van der Waals surface area contributed by atoms with Crippen molar-refractivity contribution in [1.29, 1.82) is 5.26 Å². The van der Waals surface area contributed by atoms with Crippen molar-refractivity contribution in [2.45, 2.75) is 6.42 Å². The van der Waals surface area contributed by atoms with E-state index >= 15 is 0 Å². The Labute approximate surface area is 120 Å². The highest BCUT2D eigenvalue weighted by Crippen LogP contribution is 2.36. The Balaban J connectivity index is 2.22. The quantitative estimate of drug-likeness (QED) is 0.728. The third-order valence-corrected chi connectivity index (χ3v) is 3.68. The zero-order valence-corrected chi connectivity index (χ0v) is 11.2. The number of H-pyrrole nitrogens is 1. The fourth-order valence-electron chi connectivity index (χ4n) is 2.32. The minimum absolute atomic E-state index is 0.280. The van der Waals surface area contributed by atoms with Gasteiger partial charge in [0.15, 0.2) is 0 Å². The summed E-state index contributed by atoms with van der Waals surface area (Å²) >= 11 is 6.47. The largest absolute Gasteiger partial charge is 0.361 e.